The second kappa shape index (κ2) is 10.8. The van der Waals surface area contributed by atoms with Crippen molar-refractivity contribution in [2.24, 2.45) is 5.92 Å². The van der Waals surface area contributed by atoms with Gasteiger partial charge < -0.3 is 10.6 Å². The van der Waals surface area contributed by atoms with E-state index in [0.29, 0.717) is 60.2 Å². The number of rotatable bonds is 7. The van der Waals surface area contributed by atoms with Gasteiger partial charge in [-0.25, -0.2) is 4.39 Å². The van der Waals surface area contributed by atoms with E-state index in [1.54, 1.807) is 36.4 Å². The summed E-state index contributed by atoms with van der Waals surface area (Å²) < 4.78 is 13.6. The van der Waals surface area contributed by atoms with Crippen molar-refractivity contribution in [1.82, 2.24) is 10.2 Å². The van der Waals surface area contributed by atoms with E-state index in [1.165, 1.54) is 6.07 Å². The summed E-state index contributed by atoms with van der Waals surface area (Å²) in [5.41, 5.74) is 1.08. The van der Waals surface area contributed by atoms with Crippen LogP contribution < -0.4 is 10.6 Å². The molecular weight excluding hydrogens is 428 g/mol. The molecule has 5 nitrogen and oxygen atoms in total. The fourth-order valence-corrected chi connectivity index (χ4v) is 3.86. The number of benzene rings is 2. The molecule has 1 aliphatic rings. The maximum absolute atomic E-state index is 13.6. The van der Waals surface area contributed by atoms with Gasteiger partial charge in [-0.3, -0.25) is 14.5 Å². The van der Waals surface area contributed by atoms with Gasteiger partial charge in [-0.05, 0) is 56.1 Å². The van der Waals surface area contributed by atoms with Crippen molar-refractivity contribution in [3.05, 3.63) is 63.9 Å². The molecule has 2 N–H and O–H groups in total. The normalized spacial score (nSPS) is 15.0. The molecule has 1 fully saturated rings. The van der Waals surface area contributed by atoms with Crippen LogP contribution in [0.2, 0.25) is 10.0 Å². The monoisotopic (exact) mass is 451 g/mol. The van der Waals surface area contributed by atoms with Crippen LogP contribution in [0.15, 0.2) is 42.5 Å². The molecule has 2 aromatic carbocycles. The minimum atomic E-state index is -0.252. The third-order valence-electron chi connectivity index (χ3n) is 5.20. The van der Waals surface area contributed by atoms with E-state index in [2.05, 4.69) is 10.6 Å². The first-order valence-corrected chi connectivity index (χ1v) is 10.7. The summed E-state index contributed by atoms with van der Waals surface area (Å²) in [4.78, 5) is 26.7. The van der Waals surface area contributed by atoms with Gasteiger partial charge in [0.25, 0.3) is 0 Å². The predicted octanol–water partition coefficient (Wildman–Crippen LogP) is 4.14. The highest BCUT2D eigenvalue weighted by Gasteiger charge is 2.25. The van der Waals surface area contributed by atoms with Gasteiger partial charge in [0, 0.05) is 12.5 Å². The van der Waals surface area contributed by atoms with Gasteiger partial charge in [-0.15, -0.1) is 0 Å². The van der Waals surface area contributed by atoms with Crippen LogP contribution in [0.25, 0.3) is 0 Å². The molecule has 0 spiro atoms. The fourth-order valence-electron chi connectivity index (χ4n) is 3.51. The van der Waals surface area contributed by atoms with Crippen molar-refractivity contribution < 1.29 is 14.0 Å². The van der Waals surface area contributed by atoms with Crippen molar-refractivity contribution in [3.8, 4) is 0 Å². The Labute approximate surface area is 185 Å². The molecule has 160 valence electrons. The minimum absolute atomic E-state index is 0.0128. The molecule has 0 bridgehead atoms. The Balaban J connectivity index is 1.38. The lowest BCUT2D eigenvalue weighted by Gasteiger charge is -2.30. The second-order valence-corrected chi connectivity index (χ2v) is 8.12. The maximum Gasteiger partial charge on any atom is 0.238 e. The predicted molar refractivity (Wildman–Crippen MR) is 117 cm³/mol. The van der Waals surface area contributed by atoms with E-state index in [0.717, 1.165) is 0 Å². The smallest absolute Gasteiger partial charge is 0.238 e. The number of nitrogens with one attached hydrogen (secondary N) is 2. The Morgan fingerprint density at radius 3 is 2.53 bits per heavy atom. The summed E-state index contributed by atoms with van der Waals surface area (Å²) in [7, 11) is 0. The molecule has 0 unspecified atom stereocenters. The van der Waals surface area contributed by atoms with Crippen LogP contribution >= 0.6 is 23.2 Å². The van der Waals surface area contributed by atoms with E-state index < -0.39 is 0 Å². The Bertz CT molecular complexity index is 902. The summed E-state index contributed by atoms with van der Waals surface area (Å²) in [5.74, 6) is -0.530. The van der Waals surface area contributed by atoms with E-state index in [1.807, 2.05) is 4.90 Å². The molecule has 2 aromatic rings. The van der Waals surface area contributed by atoms with E-state index in [9.17, 15) is 14.0 Å². The van der Waals surface area contributed by atoms with E-state index in [4.69, 9.17) is 23.2 Å². The first kappa shape index (κ1) is 22.5. The molecule has 0 aliphatic carbocycles. The Kier molecular flexibility index (Phi) is 8.08. The minimum Gasteiger partial charge on any atom is -0.356 e. The standard InChI is InChI=1S/C22H24Cl2FN3O2/c23-17-5-3-7-19(21(17)24)27-20(29)14-28-12-9-16(10-13-28)22(30)26-11-8-15-4-1-2-6-18(15)25/h1-7,16H,8-14H2,(H,26,30)(H,27,29). The zero-order valence-corrected chi connectivity index (χ0v) is 18.0. The molecule has 30 heavy (non-hydrogen) atoms. The zero-order valence-electron chi connectivity index (χ0n) is 16.5. The lowest BCUT2D eigenvalue weighted by Crippen LogP contribution is -2.43. The van der Waals surface area contributed by atoms with Crippen LogP contribution in [0.5, 0.6) is 0 Å². The first-order chi connectivity index (χ1) is 14.4. The molecule has 0 saturated carbocycles. The summed E-state index contributed by atoms with van der Waals surface area (Å²) in [6, 6.07) is 11.7. The summed E-state index contributed by atoms with van der Waals surface area (Å²) in [6.07, 6.45) is 1.82. The van der Waals surface area contributed by atoms with Crippen molar-refractivity contribution in [3.63, 3.8) is 0 Å². The molecule has 2 amide bonds. The van der Waals surface area contributed by atoms with Gasteiger partial charge >= 0.3 is 0 Å². The summed E-state index contributed by atoms with van der Waals surface area (Å²) in [6.45, 7) is 1.94. The SMILES string of the molecule is O=C(CN1CCC(C(=O)NCCc2ccccc2F)CC1)Nc1cccc(Cl)c1Cl. The topological polar surface area (TPSA) is 61.4 Å². The Morgan fingerprint density at radius 2 is 1.80 bits per heavy atom. The number of nitrogens with zero attached hydrogens (tertiary/aromatic N) is 1. The summed E-state index contributed by atoms with van der Waals surface area (Å²) in [5, 5.41) is 6.37. The van der Waals surface area contributed by atoms with Gasteiger partial charge in [0.1, 0.15) is 5.82 Å². The van der Waals surface area contributed by atoms with Gasteiger partial charge in [0.15, 0.2) is 0 Å². The van der Waals surface area contributed by atoms with Crippen LogP contribution in [0.3, 0.4) is 0 Å². The molecule has 1 aliphatic heterocycles. The van der Waals surface area contributed by atoms with Gasteiger partial charge in [-0.2, -0.15) is 0 Å². The number of likely N-dealkylation sites (tertiary alicyclic amines) is 1. The van der Waals surface area contributed by atoms with Gasteiger partial charge in [0.05, 0.1) is 22.3 Å². The molecule has 0 aromatic heterocycles. The fraction of sp³-hybridized carbons (Fsp3) is 0.364. The largest absolute Gasteiger partial charge is 0.356 e. The zero-order chi connectivity index (χ0) is 21.5. The lowest BCUT2D eigenvalue weighted by molar-refractivity contribution is -0.126. The Hall–Kier alpha value is -2.15. The maximum atomic E-state index is 13.6. The van der Waals surface area contributed by atoms with Crippen LogP contribution in [0.4, 0.5) is 10.1 Å². The van der Waals surface area contributed by atoms with Crippen LogP contribution in [0.1, 0.15) is 18.4 Å². The number of amides is 2. The molecular formula is C22H24Cl2FN3O2. The third kappa shape index (κ3) is 6.17. The third-order valence-corrected chi connectivity index (χ3v) is 6.02. The summed E-state index contributed by atoms with van der Waals surface area (Å²) >= 11 is 12.1. The van der Waals surface area contributed by atoms with E-state index in [-0.39, 0.29) is 30.1 Å². The Morgan fingerprint density at radius 1 is 1.07 bits per heavy atom. The molecule has 8 heteroatoms. The number of carbonyl (C=O) groups is 2. The van der Waals surface area contributed by atoms with Crippen LogP contribution in [-0.4, -0.2) is 42.9 Å². The van der Waals surface area contributed by atoms with Gasteiger partial charge in [0.2, 0.25) is 11.8 Å². The lowest BCUT2D eigenvalue weighted by atomic mass is 9.96. The number of hydrogen-bond donors (Lipinski definition) is 2. The molecule has 0 atom stereocenters. The number of carbonyl (C=O) groups excluding carboxylic acids is 2. The molecule has 1 saturated heterocycles. The second-order valence-electron chi connectivity index (χ2n) is 7.33. The van der Waals surface area contributed by atoms with Crippen LogP contribution in [-0.2, 0) is 16.0 Å². The van der Waals surface area contributed by atoms with Crippen LogP contribution in [0, 0.1) is 11.7 Å². The number of piperidine rings is 1. The van der Waals surface area contributed by atoms with Crippen molar-refractivity contribution in [2.45, 2.75) is 19.3 Å². The molecule has 3 rings (SSSR count). The van der Waals surface area contributed by atoms with E-state index >= 15 is 0 Å². The number of anilines is 1. The number of halogens is 3. The highest BCUT2D eigenvalue weighted by Crippen LogP contribution is 2.29. The average molecular weight is 452 g/mol. The average Bonchev–Trinajstić information content (AvgIpc) is 2.73. The first-order valence-electron chi connectivity index (χ1n) is 9.91. The van der Waals surface area contributed by atoms with Crippen molar-refractivity contribution in [1.29, 1.82) is 0 Å². The van der Waals surface area contributed by atoms with Crippen molar-refractivity contribution in [2.75, 3.05) is 31.5 Å². The van der Waals surface area contributed by atoms with Crippen molar-refractivity contribution >= 4 is 40.7 Å². The highest BCUT2D eigenvalue weighted by atomic mass is 35.5. The van der Waals surface area contributed by atoms with Gasteiger partial charge in [-0.1, -0.05) is 47.5 Å². The number of hydrogen-bond acceptors (Lipinski definition) is 3. The molecule has 1 heterocycles. The molecule has 0 radical (unpaired) electrons. The quantitative estimate of drug-likeness (QED) is 0.664. The highest BCUT2D eigenvalue weighted by molar-refractivity contribution is 6.44.